The second-order valence-electron chi connectivity index (χ2n) is 6.85. The van der Waals surface area contributed by atoms with Crippen molar-refractivity contribution in [2.24, 2.45) is 0 Å². The van der Waals surface area contributed by atoms with Gasteiger partial charge in [-0.3, -0.25) is 0 Å². The molecule has 6 nitrogen and oxygen atoms in total. The molecule has 0 fully saturated rings. The number of carbonyl (C=O) groups excluding carboxylic acids is 2. The Labute approximate surface area is 131 Å². The number of hydrogen-bond donors (Lipinski definition) is 1. The second kappa shape index (κ2) is 6.25. The Morgan fingerprint density at radius 3 is 1.68 bits per heavy atom. The maximum Gasteiger partial charge on any atom is 0.424 e. The highest BCUT2D eigenvalue weighted by Gasteiger charge is 2.33. The van der Waals surface area contributed by atoms with Crippen LogP contribution in [-0.2, 0) is 9.47 Å². The lowest BCUT2D eigenvalue weighted by Crippen LogP contribution is -2.44. The molecule has 0 aliphatic heterocycles. The fourth-order valence-corrected chi connectivity index (χ4v) is 1.58. The standard InChI is InChI=1S/C16H24N2O4/c1-15(2,3)21-13(19)18(14(20)22-16(4,5)6)12-10-8-7-9-11(12)17/h7-10H,17H2,1-6H3. The van der Waals surface area contributed by atoms with Gasteiger partial charge in [0, 0.05) is 0 Å². The van der Waals surface area contributed by atoms with Gasteiger partial charge in [-0.2, -0.15) is 4.90 Å². The van der Waals surface area contributed by atoms with Crippen LogP contribution in [0.5, 0.6) is 0 Å². The van der Waals surface area contributed by atoms with Gasteiger partial charge in [0.2, 0.25) is 0 Å². The van der Waals surface area contributed by atoms with Gasteiger partial charge >= 0.3 is 12.2 Å². The molecule has 1 aromatic rings. The molecule has 0 aliphatic carbocycles. The fourth-order valence-electron chi connectivity index (χ4n) is 1.58. The van der Waals surface area contributed by atoms with Gasteiger partial charge in [0.05, 0.1) is 11.4 Å². The van der Waals surface area contributed by atoms with Crippen molar-refractivity contribution in [2.75, 3.05) is 10.6 Å². The average Bonchev–Trinajstić information content (AvgIpc) is 2.27. The van der Waals surface area contributed by atoms with Crippen molar-refractivity contribution in [1.82, 2.24) is 0 Å². The van der Waals surface area contributed by atoms with E-state index in [9.17, 15) is 9.59 Å². The third kappa shape index (κ3) is 5.27. The molecule has 122 valence electrons. The number of hydrogen-bond acceptors (Lipinski definition) is 5. The predicted octanol–water partition coefficient (Wildman–Crippen LogP) is 3.95. The van der Waals surface area contributed by atoms with Crippen molar-refractivity contribution in [3.8, 4) is 0 Å². The number of carbonyl (C=O) groups is 2. The zero-order chi connectivity index (χ0) is 17.1. The number of nitrogens with two attached hydrogens (primary N) is 1. The minimum absolute atomic E-state index is 0.228. The van der Waals surface area contributed by atoms with E-state index in [4.69, 9.17) is 15.2 Å². The minimum Gasteiger partial charge on any atom is -0.443 e. The Morgan fingerprint density at radius 1 is 0.909 bits per heavy atom. The first-order valence-electron chi connectivity index (χ1n) is 7.01. The summed E-state index contributed by atoms with van der Waals surface area (Å²) >= 11 is 0. The van der Waals surface area contributed by atoms with Gasteiger partial charge in [0.15, 0.2) is 0 Å². The highest BCUT2D eigenvalue weighted by Crippen LogP contribution is 2.26. The van der Waals surface area contributed by atoms with E-state index in [2.05, 4.69) is 0 Å². The van der Waals surface area contributed by atoms with Crippen molar-refractivity contribution in [2.45, 2.75) is 52.7 Å². The number of imide groups is 1. The molecule has 0 saturated heterocycles. The zero-order valence-electron chi connectivity index (χ0n) is 14.0. The summed E-state index contributed by atoms with van der Waals surface area (Å²) < 4.78 is 10.6. The van der Waals surface area contributed by atoms with Crippen LogP contribution in [0.15, 0.2) is 24.3 Å². The zero-order valence-corrected chi connectivity index (χ0v) is 14.0. The molecule has 0 atom stereocenters. The Bertz CT molecular complexity index is 528. The lowest BCUT2D eigenvalue weighted by molar-refractivity contribution is 0.0431. The summed E-state index contributed by atoms with van der Waals surface area (Å²) in [5, 5.41) is 0. The van der Waals surface area contributed by atoms with E-state index >= 15 is 0 Å². The highest BCUT2D eigenvalue weighted by molar-refractivity contribution is 6.11. The summed E-state index contributed by atoms with van der Waals surface area (Å²) in [5.41, 5.74) is 4.87. The number of rotatable bonds is 1. The molecule has 0 aromatic heterocycles. The first-order chi connectivity index (χ1) is 9.91. The lowest BCUT2D eigenvalue weighted by Gasteiger charge is -2.29. The molecule has 0 aliphatic rings. The summed E-state index contributed by atoms with van der Waals surface area (Å²) in [5.74, 6) is 0. The van der Waals surface area contributed by atoms with Crippen molar-refractivity contribution < 1.29 is 19.1 Å². The molecular weight excluding hydrogens is 284 g/mol. The summed E-state index contributed by atoms with van der Waals surface area (Å²) in [6.07, 6.45) is -1.67. The molecule has 0 radical (unpaired) electrons. The summed E-state index contributed by atoms with van der Waals surface area (Å²) in [6.45, 7) is 10.3. The normalized spacial score (nSPS) is 11.7. The van der Waals surface area contributed by atoms with Crippen LogP contribution in [0.25, 0.3) is 0 Å². The Hall–Kier alpha value is -2.24. The first-order valence-corrected chi connectivity index (χ1v) is 7.01. The number of para-hydroxylation sites is 2. The summed E-state index contributed by atoms with van der Waals surface area (Å²) in [6, 6.07) is 6.54. The Kier molecular flexibility index (Phi) is 5.06. The number of benzene rings is 1. The van der Waals surface area contributed by atoms with Gasteiger partial charge in [-0.15, -0.1) is 0 Å². The van der Waals surface area contributed by atoms with E-state index in [1.54, 1.807) is 65.8 Å². The molecule has 1 rings (SSSR count). The molecule has 0 saturated carbocycles. The van der Waals surface area contributed by atoms with Gasteiger partial charge in [-0.1, -0.05) is 12.1 Å². The van der Waals surface area contributed by atoms with E-state index in [1.807, 2.05) is 0 Å². The molecule has 6 heteroatoms. The molecule has 2 N–H and O–H groups in total. The van der Waals surface area contributed by atoms with Crippen LogP contribution in [0.3, 0.4) is 0 Å². The largest absolute Gasteiger partial charge is 0.443 e. The van der Waals surface area contributed by atoms with Crippen molar-refractivity contribution in [3.05, 3.63) is 24.3 Å². The molecule has 0 bridgehead atoms. The topological polar surface area (TPSA) is 81.9 Å². The summed E-state index contributed by atoms with van der Waals surface area (Å²) in [7, 11) is 0. The van der Waals surface area contributed by atoms with Crippen molar-refractivity contribution in [3.63, 3.8) is 0 Å². The Balaban J connectivity index is 3.19. The summed E-state index contributed by atoms with van der Waals surface area (Å²) in [4.78, 5) is 25.6. The smallest absolute Gasteiger partial charge is 0.424 e. The predicted molar refractivity (Wildman–Crippen MR) is 85.8 cm³/mol. The number of nitrogen functional groups attached to an aromatic ring is 1. The van der Waals surface area contributed by atoms with Gasteiger partial charge in [0.25, 0.3) is 0 Å². The minimum atomic E-state index is -0.834. The Morgan fingerprint density at radius 2 is 1.32 bits per heavy atom. The molecular formula is C16H24N2O4. The van der Waals surface area contributed by atoms with Crippen LogP contribution in [0.2, 0.25) is 0 Å². The van der Waals surface area contributed by atoms with E-state index in [0.29, 0.717) is 0 Å². The lowest BCUT2D eigenvalue weighted by atomic mass is 10.2. The van der Waals surface area contributed by atoms with Crippen molar-refractivity contribution >= 4 is 23.6 Å². The van der Waals surface area contributed by atoms with Crippen LogP contribution in [0.1, 0.15) is 41.5 Å². The third-order valence-electron chi connectivity index (χ3n) is 2.33. The van der Waals surface area contributed by atoms with Crippen LogP contribution in [0, 0.1) is 0 Å². The molecule has 2 amide bonds. The number of amides is 2. The average molecular weight is 308 g/mol. The maximum absolute atomic E-state index is 12.4. The molecule has 0 unspecified atom stereocenters. The van der Waals surface area contributed by atoms with E-state index in [0.717, 1.165) is 4.90 Å². The van der Waals surface area contributed by atoms with E-state index in [1.165, 1.54) is 0 Å². The SMILES string of the molecule is CC(C)(C)OC(=O)N(C(=O)OC(C)(C)C)c1ccccc1N. The molecule has 1 aromatic carbocycles. The number of anilines is 2. The van der Waals surface area contributed by atoms with E-state index < -0.39 is 23.4 Å². The molecule has 0 spiro atoms. The van der Waals surface area contributed by atoms with Gasteiger partial charge in [0.1, 0.15) is 11.2 Å². The van der Waals surface area contributed by atoms with Crippen LogP contribution in [-0.4, -0.2) is 23.4 Å². The van der Waals surface area contributed by atoms with Gasteiger partial charge in [-0.05, 0) is 53.7 Å². The van der Waals surface area contributed by atoms with E-state index in [-0.39, 0.29) is 11.4 Å². The number of nitrogens with zero attached hydrogens (tertiary/aromatic N) is 1. The second-order valence-corrected chi connectivity index (χ2v) is 6.85. The maximum atomic E-state index is 12.4. The molecule has 0 heterocycles. The van der Waals surface area contributed by atoms with Crippen LogP contribution < -0.4 is 10.6 Å². The van der Waals surface area contributed by atoms with Gasteiger partial charge in [-0.25, -0.2) is 9.59 Å². The van der Waals surface area contributed by atoms with Gasteiger partial charge < -0.3 is 15.2 Å². The molecule has 22 heavy (non-hydrogen) atoms. The first kappa shape index (κ1) is 17.8. The highest BCUT2D eigenvalue weighted by atomic mass is 16.6. The monoisotopic (exact) mass is 308 g/mol. The van der Waals surface area contributed by atoms with Crippen LogP contribution >= 0.6 is 0 Å². The van der Waals surface area contributed by atoms with Crippen molar-refractivity contribution in [1.29, 1.82) is 0 Å². The number of ether oxygens (including phenoxy) is 2. The van der Waals surface area contributed by atoms with Crippen LogP contribution in [0.4, 0.5) is 21.0 Å². The third-order valence-corrected chi connectivity index (χ3v) is 2.33. The quantitative estimate of drug-likeness (QED) is 0.794. The fraction of sp³-hybridized carbons (Fsp3) is 0.500.